The predicted octanol–water partition coefficient (Wildman–Crippen LogP) is 0.592. The van der Waals surface area contributed by atoms with Crippen molar-refractivity contribution in [2.75, 3.05) is 45.9 Å². The van der Waals surface area contributed by atoms with Gasteiger partial charge in [-0.15, -0.1) is 11.3 Å². The van der Waals surface area contributed by atoms with Gasteiger partial charge < -0.3 is 10.2 Å². The van der Waals surface area contributed by atoms with E-state index < -0.39 is 0 Å². The molecule has 5 heteroatoms. The molecule has 1 aliphatic heterocycles. The van der Waals surface area contributed by atoms with E-state index in [0.717, 1.165) is 44.8 Å². The predicted molar refractivity (Wildman–Crippen MR) is 81.7 cm³/mol. The third-order valence-corrected chi connectivity index (χ3v) is 4.31. The van der Waals surface area contributed by atoms with Crippen molar-refractivity contribution >= 4 is 11.3 Å². The molecule has 0 spiro atoms. The van der Waals surface area contributed by atoms with E-state index in [1.165, 1.54) is 4.88 Å². The van der Waals surface area contributed by atoms with Crippen LogP contribution in [-0.4, -0.2) is 66.0 Å². The Hall–Kier alpha value is -0.900. The van der Waals surface area contributed by atoms with Crippen LogP contribution in [0.5, 0.6) is 0 Å². The monoisotopic (exact) mass is 294 g/mol. The Morgan fingerprint density at radius 2 is 1.85 bits per heavy atom. The zero-order valence-corrected chi connectivity index (χ0v) is 12.5. The summed E-state index contributed by atoms with van der Waals surface area (Å²) in [6, 6.07) is 2.15. The summed E-state index contributed by atoms with van der Waals surface area (Å²) in [5, 5.41) is 19.7. The summed E-state index contributed by atoms with van der Waals surface area (Å²) < 4.78 is 0. The molecule has 2 rings (SSSR count). The molecule has 0 unspecified atom stereocenters. The van der Waals surface area contributed by atoms with Crippen molar-refractivity contribution < 1.29 is 10.2 Å². The molecule has 4 nitrogen and oxygen atoms in total. The largest absolute Gasteiger partial charge is 0.395 e. The van der Waals surface area contributed by atoms with Crippen molar-refractivity contribution in [1.82, 2.24) is 9.80 Å². The fourth-order valence-corrected chi connectivity index (χ4v) is 3.14. The molecule has 1 aliphatic rings. The minimum absolute atomic E-state index is 0.127. The van der Waals surface area contributed by atoms with E-state index >= 15 is 0 Å². The number of nitrogens with zero attached hydrogens (tertiary/aromatic N) is 2. The number of aliphatic hydroxyl groups excluding tert-OH is 2. The van der Waals surface area contributed by atoms with Gasteiger partial charge in [0.15, 0.2) is 0 Å². The Kier molecular flexibility index (Phi) is 6.51. The number of piperazine rings is 1. The Labute approximate surface area is 124 Å². The molecule has 0 saturated carbocycles. The zero-order valence-electron chi connectivity index (χ0n) is 11.7. The first-order valence-corrected chi connectivity index (χ1v) is 7.92. The summed E-state index contributed by atoms with van der Waals surface area (Å²) in [6.45, 7) is 6.34. The summed E-state index contributed by atoms with van der Waals surface area (Å²) in [4.78, 5) is 6.09. The molecule has 0 amide bonds. The van der Waals surface area contributed by atoms with Crippen molar-refractivity contribution in [2.24, 2.45) is 0 Å². The molecular formula is C15H22N2O2S. The molecular weight excluding hydrogens is 272 g/mol. The van der Waals surface area contributed by atoms with E-state index in [-0.39, 0.29) is 13.2 Å². The minimum atomic E-state index is 0.127. The van der Waals surface area contributed by atoms with Crippen LogP contribution in [0.15, 0.2) is 11.4 Å². The van der Waals surface area contributed by atoms with Gasteiger partial charge in [-0.3, -0.25) is 9.80 Å². The van der Waals surface area contributed by atoms with Crippen molar-refractivity contribution in [3.05, 3.63) is 21.9 Å². The van der Waals surface area contributed by atoms with Crippen molar-refractivity contribution in [3.63, 3.8) is 0 Å². The van der Waals surface area contributed by atoms with E-state index in [0.29, 0.717) is 6.42 Å². The van der Waals surface area contributed by atoms with Gasteiger partial charge in [-0.05, 0) is 6.07 Å². The molecule has 0 bridgehead atoms. The van der Waals surface area contributed by atoms with Gasteiger partial charge in [-0.25, -0.2) is 0 Å². The fourth-order valence-electron chi connectivity index (χ4n) is 2.28. The molecule has 0 aliphatic carbocycles. The number of hydrogen-bond acceptors (Lipinski definition) is 5. The summed E-state index contributed by atoms with van der Waals surface area (Å²) in [5.41, 5.74) is 1.05. The molecule has 1 saturated heterocycles. The van der Waals surface area contributed by atoms with Gasteiger partial charge in [0.2, 0.25) is 0 Å². The van der Waals surface area contributed by atoms with Gasteiger partial charge in [-0.2, -0.15) is 0 Å². The molecule has 2 heterocycles. The van der Waals surface area contributed by atoms with E-state index in [1.54, 1.807) is 11.3 Å². The lowest BCUT2D eigenvalue weighted by molar-refractivity contribution is 0.109. The lowest BCUT2D eigenvalue weighted by Gasteiger charge is -2.34. The first kappa shape index (κ1) is 15.5. The average molecular weight is 294 g/mol. The Morgan fingerprint density at radius 1 is 1.10 bits per heavy atom. The van der Waals surface area contributed by atoms with Crippen LogP contribution >= 0.6 is 11.3 Å². The van der Waals surface area contributed by atoms with Crippen LogP contribution in [0.1, 0.15) is 16.9 Å². The third kappa shape index (κ3) is 4.89. The SMILES string of the molecule is OCCC#Cc1csc(CN2CCN(CCO)CC2)c1. The normalized spacial score (nSPS) is 16.9. The van der Waals surface area contributed by atoms with E-state index in [2.05, 4.69) is 33.1 Å². The number of hydrogen-bond donors (Lipinski definition) is 2. The fraction of sp³-hybridized carbons (Fsp3) is 0.600. The van der Waals surface area contributed by atoms with Crippen LogP contribution in [0, 0.1) is 11.8 Å². The smallest absolute Gasteiger partial charge is 0.0558 e. The van der Waals surface area contributed by atoms with Crippen LogP contribution in [0.4, 0.5) is 0 Å². The Bertz CT molecular complexity index is 456. The summed E-state index contributed by atoms with van der Waals surface area (Å²) in [5.74, 6) is 6.02. The molecule has 1 fully saturated rings. The van der Waals surface area contributed by atoms with Crippen LogP contribution in [0.25, 0.3) is 0 Å². The molecule has 0 radical (unpaired) electrons. The van der Waals surface area contributed by atoms with Gasteiger partial charge in [0, 0.05) is 61.5 Å². The standard InChI is InChI=1S/C15H22N2O2S/c18-9-2-1-3-14-11-15(20-13-14)12-17-6-4-16(5-7-17)8-10-19/h11,13,18-19H,2,4-10,12H2. The maximum atomic E-state index is 8.93. The van der Waals surface area contributed by atoms with Crippen LogP contribution in [-0.2, 0) is 6.54 Å². The second-order valence-electron chi connectivity index (χ2n) is 4.92. The van der Waals surface area contributed by atoms with Gasteiger partial charge in [-0.1, -0.05) is 11.8 Å². The Balaban J connectivity index is 1.79. The van der Waals surface area contributed by atoms with E-state index in [4.69, 9.17) is 10.2 Å². The number of rotatable bonds is 5. The first-order valence-electron chi connectivity index (χ1n) is 7.04. The molecule has 0 atom stereocenters. The van der Waals surface area contributed by atoms with Gasteiger partial charge in [0.25, 0.3) is 0 Å². The minimum Gasteiger partial charge on any atom is -0.395 e. The quantitative estimate of drug-likeness (QED) is 0.781. The zero-order chi connectivity index (χ0) is 14.2. The van der Waals surface area contributed by atoms with Crippen molar-refractivity contribution in [2.45, 2.75) is 13.0 Å². The summed E-state index contributed by atoms with van der Waals surface area (Å²) >= 11 is 1.75. The highest BCUT2D eigenvalue weighted by molar-refractivity contribution is 7.10. The highest BCUT2D eigenvalue weighted by Crippen LogP contribution is 2.17. The van der Waals surface area contributed by atoms with Crippen LogP contribution < -0.4 is 0 Å². The summed E-state index contributed by atoms with van der Waals surface area (Å²) in [6.07, 6.45) is 0.540. The lowest BCUT2D eigenvalue weighted by Crippen LogP contribution is -2.46. The number of β-amino-alcohol motifs (C(OH)–C–C–N with tert-alkyl or cyclic N) is 1. The highest BCUT2D eigenvalue weighted by atomic mass is 32.1. The molecule has 2 N–H and O–H groups in total. The molecule has 20 heavy (non-hydrogen) atoms. The van der Waals surface area contributed by atoms with Gasteiger partial charge in [0.1, 0.15) is 0 Å². The number of thiophene rings is 1. The maximum absolute atomic E-state index is 8.93. The topological polar surface area (TPSA) is 46.9 Å². The number of aliphatic hydroxyl groups is 2. The van der Waals surface area contributed by atoms with Crippen molar-refractivity contribution in [1.29, 1.82) is 0 Å². The molecule has 1 aromatic heterocycles. The molecule has 0 aromatic carbocycles. The highest BCUT2D eigenvalue weighted by Gasteiger charge is 2.16. The van der Waals surface area contributed by atoms with E-state index in [1.807, 2.05) is 0 Å². The average Bonchev–Trinajstić information content (AvgIpc) is 2.89. The van der Waals surface area contributed by atoms with Crippen LogP contribution in [0.3, 0.4) is 0 Å². The third-order valence-electron chi connectivity index (χ3n) is 3.38. The summed E-state index contributed by atoms with van der Waals surface area (Å²) in [7, 11) is 0. The second-order valence-corrected chi connectivity index (χ2v) is 5.91. The van der Waals surface area contributed by atoms with Crippen molar-refractivity contribution in [3.8, 4) is 11.8 Å². The first-order chi connectivity index (χ1) is 9.81. The molecule has 1 aromatic rings. The van der Waals surface area contributed by atoms with Gasteiger partial charge in [0.05, 0.1) is 13.2 Å². The molecule has 110 valence electrons. The maximum Gasteiger partial charge on any atom is 0.0558 e. The second kappa shape index (κ2) is 8.40. The van der Waals surface area contributed by atoms with Crippen LogP contribution in [0.2, 0.25) is 0 Å². The van der Waals surface area contributed by atoms with Gasteiger partial charge >= 0.3 is 0 Å². The Morgan fingerprint density at radius 3 is 2.55 bits per heavy atom. The van der Waals surface area contributed by atoms with E-state index in [9.17, 15) is 0 Å². The lowest BCUT2D eigenvalue weighted by atomic mass is 10.2.